The summed E-state index contributed by atoms with van der Waals surface area (Å²) in [5, 5.41) is 21.7. The minimum Gasteiger partial charge on any atom is -0.379 e. The van der Waals surface area contributed by atoms with Crippen LogP contribution in [0, 0.1) is 15.7 Å². The molecule has 0 radical (unpaired) electrons. The number of nitrogens with one attached hydrogen (secondary N) is 5. The normalized spacial score (nSPS) is 13.5. The molecule has 17 nitrogen and oxygen atoms in total. The summed E-state index contributed by atoms with van der Waals surface area (Å²) in [6.45, 7) is 16.8. The van der Waals surface area contributed by atoms with Crippen LogP contribution in [0.25, 0.3) is 0 Å². The van der Waals surface area contributed by atoms with E-state index in [0.29, 0.717) is 91.8 Å². The van der Waals surface area contributed by atoms with Crippen LogP contribution in [-0.4, -0.2) is 133 Å². The van der Waals surface area contributed by atoms with Gasteiger partial charge in [-0.3, -0.25) is 14.4 Å². The molecule has 0 aromatic heterocycles. The molecule has 0 aliphatic heterocycles. The molecule has 0 aromatic rings. The highest BCUT2D eigenvalue weighted by molar-refractivity contribution is 5.78. The van der Waals surface area contributed by atoms with Crippen LogP contribution in [0.3, 0.4) is 0 Å². The minimum atomic E-state index is -0.433. The van der Waals surface area contributed by atoms with Gasteiger partial charge in [-0.25, -0.2) is 0 Å². The third-order valence-electron chi connectivity index (χ3n) is 9.09. The Bertz CT molecular complexity index is 987. The van der Waals surface area contributed by atoms with Gasteiger partial charge in [0.2, 0.25) is 17.7 Å². The summed E-state index contributed by atoms with van der Waals surface area (Å²) in [5.41, 5.74) is -0.866. The van der Waals surface area contributed by atoms with Gasteiger partial charge >= 0.3 is 0 Å². The van der Waals surface area contributed by atoms with Crippen molar-refractivity contribution in [3.05, 3.63) is 9.81 Å². The van der Waals surface area contributed by atoms with Gasteiger partial charge in [0.15, 0.2) is 0 Å². The van der Waals surface area contributed by atoms with E-state index in [-0.39, 0.29) is 61.6 Å². The second-order valence-electron chi connectivity index (χ2n) is 14.1. The molecule has 0 saturated carbocycles. The molecule has 0 aromatic carbocycles. The zero-order chi connectivity index (χ0) is 39.8. The summed E-state index contributed by atoms with van der Waals surface area (Å²) in [4.78, 5) is 68.7. The largest absolute Gasteiger partial charge is 0.379 e. The first kappa shape index (κ1) is 50.0. The van der Waals surface area contributed by atoms with E-state index in [0.717, 1.165) is 25.5 Å². The molecular formula is C36H69N7O10. The predicted octanol–water partition coefficient (Wildman–Crippen LogP) is 2.38. The Morgan fingerprint density at radius 2 is 0.962 bits per heavy atom. The van der Waals surface area contributed by atoms with Gasteiger partial charge in [-0.1, -0.05) is 10.4 Å². The molecule has 0 bridgehead atoms. The topological polar surface area (TPSA) is 224 Å². The summed E-state index contributed by atoms with van der Waals surface area (Å²) in [6, 6.07) is -0.755. The van der Waals surface area contributed by atoms with Crippen molar-refractivity contribution < 1.29 is 38.1 Å². The lowest BCUT2D eigenvalue weighted by Crippen LogP contribution is -2.48. The van der Waals surface area contributed by atoms with E-state index in [1.54, 1.807) is 13.8 Å². The number of amides is 3. The maximum absolute atomic E-state index is 12.5. The van der Waals surface area contributed by atoms with Gasteiger partial charge in [0.05, 0.1) is 52.9 Å². The molecular weight excluding hydrogens is 690 g/mol. The third-order valence-corrected chi connectivity index (χ3v) is 9.09. The van der Waals surface area contributed by atoms with Gasteiger partial charge in [-0.15, -0.1) is 0 Å². The number of ether oxygens (including phenoxy) is 4. The van der Waals surface area contributed by atoms with Gasteiger partial charge in [-0.2, -0.15) is 9.81 Å². The van der Waals surface area contributed by atoms with Crippen molar-refractivity contribution in [1.82, 2.24) is 26.6 Å². The van der Waals surface area contributed by atoms with Crippen molar-refractivity contribution in [3.63, 3.8) is 0 Å². The molecule has 0 spiro atoms. The number of carbonyl (C=O) groups is 4. The van der Waals surface area contributed by atoms with Crippen LogP contribution in [0.1, 0.15) is 92.9 Å². The van der Waals surface area contributed by atoms with E-state index in [4.69, 9.17) is 18.9 Å². The number of carbonyl (C=O) groups excluding carboxylic acids is 4. The molecule has 53 heavy (non-hydrogen) atoms. The van der Waals surface area contributed by atoms with Crippen LogP contribution < -0.4 is 26.6 Å². The molecule has 0 fully saturated rings. The molecule has 5 N–H and O–H groups in total. The van der Waals surface area contributed by atoms with Gasteiger partial charge in [0.25, 0.3) is 0 Å². The quantitative estimate of drug-likeness (QED) is 0.0350. The summed E-state index contributed by atoms with van der Waals surface area (Å²) < 4.78 is 21.4. The highest BCUT2D eigenvalue weighted by Crippen LogP contribution is 2.18. The minimum absolute atomic E-state index is 0.105. The molecule has 0 aliphatic carbocycles. The van der Waals surface area contributed by atoms with Crippen LogP contribution in [0.5, 0.6) is 0 Å². The van der Waals surface area contributed by atoms with Gasteiger partial charge in [0.1, 0.15) is 18.4 Å². The first-order valence-corrected chi connectivity index (χ1v) is 19.0. The molecule has 2 atom stereocenters. The van der Waals surface area contributed by atoms with Gasteiger partial charge in [-0.05, 0) is 86.2 Å². The lowest BCUT2D eigenvalue weighted by molar-refractivity contribution is -0.123. The smallest absolute Gasteiger partial charge is 0.222 e. The van der Waals surface area contributed by atoms with Gasteiger partial charge < -0.3 is 50.3 Å². The van der Waals surface area contributed by atoms with Crippen molar-refractivity contribution in [2.45, 2.75) is 116 Å². The highest BCUT2D eigenvalue weighted by atomic mass is 16.5. The Labute approximate surface area is 316 Å². The van der Waals surface area contributed by atoms with Crippen LogP contribution in [-0.2, 0) is 38.1 Å². The first-order valence-electron chi connectivity index (χ1n) is 19.0. The SMILES string of the molecule is CC(N=O)C(C)(C)NCCC(CCNC(=O)CCCC(=O)NCCOCCOCCC(=O)NCCOCCOCCC=O)CCNC(C)(C)C(C)N=O. The van der Waals surface area contributed by atoms with E-state index in [2.05, 4.69) is 36.9 Å². The molecule has 0 saturated heterocycles. The predicted molar refractivity (Wildman–Crippen MR) is 203 cm³/mol. The van der Waals surface area contributed by atoms with E-state index in [9.17, 15) is 29.0 Å². The third kappa shape index (κ3) is 28.2. The molecule has 308 valence electrons. The summed E-state index contributed by atoms with van der Waals surface area (Å²) in [5.74, 6) is -0.116. The number of hydrogen-bond donors (Lipinski definition) is 5. The van der Waals surface area contributed by atoms with E-state index >= 15 is 0 Å². The van der Waals surface area contributed by atoms with Crippen LogP contribution in [0.15, 0.2) is 10.4 Å². The fourth-order valence-electron chi connectivity index (χ4n) is 4.74. The van der Waals surface area contributed by atoms with Crippen molar-refractivity contribution in [3.8, 4) is 0 Å². The second-order valence-corrected chi connectivity index (χ2v) is 14.1. The number of nitroso groups, excluding NO2 is 2. The second kappa shape index (κ2) is 31.4. The Balaban J connectivity index is 4.07. The monoisotopic (exact) mass is 760 g/mol. The summed E-state index contributed by atoms with van der Waals surface area (Å²) in [7, 11) is 0. The molecule has 2 unspecified atom stereocenters. The fraction of sp³-hybridized carbons (Fsp3) is 0.889. The van der Waals surface area contributed by atoms with Crippen LogP contribution in [0.4, 0.5) is 0 Å². The molecule has 0 aliphatic rings. The molecule has 0 heterocycles. The van der Waals surface area contributed by atoms with Crippen molar-refractivity contribution >= 4 is 24.0 Å². The van der Waals surface area contributed by atoms with Gasteiger partial charge in [0, 0.05) is 56.4 Å². The average molecular weight is 760 g/mol. The molecule has 0 rings (SSSR count). The van der Waals surface area contributed by atoms with Crippen molar-refractivity contribution in [2.75, 3.05) is 85.6 Å². The van der Waals surface area contributed by atoms with Crippen LogP contribution in [0.2, 0.25) is 0 Å². The number of aldehydes is 1. The Hall–Kier alpha value is -2.96. The Kier molecular flexibility index (Phi) is 29.6. The zero-order valence-corrected chi connectivity index (χ0v) is 33.1. The Morgan fingerprint density at radius 1 is 0.566 bits per heavy atom. The maximum Gasteiger partial charge on any atom is 0.222 e. The number of rotatable bonds is 37. The first-order chi connectivity index (χ1) is 25.3. The highest BCUT2D eigenvalue weighted by Gasteiger charge is 2.27. The van der Waals surface area contributed by atoms with Crippen LogP contribution >= 0.6 is 0 Å². The molecule has 17 heteroatoms. The number of hydrogen-bond acceptors (Lipinski definition) is 14. The molecule has 3 amide bonds. The summed E-state index contributed by atoms with van der Waals surface area (Å²) in [6.07, 6.45) is 4.73. The van der Waals surface area contributed by atoms with E-state index in [1.165, 1.54) is 0 Å². The van der Waals surface area contributed by atoms with E-state index < -0.39 is 11.1 Å². The average Bonchev–Trinajstić information content (AvgIpc) is 3.12. The van der Waals surface area contributed by atoms with E-state index in [1.807, 2.05) is 27.7 Å². The van der Waals surface area contributed by atoms with Crippen molar-refractivity contribution in [1.29, 1.82) is 0 Å². The standard InChI is InChI=1S/C36H69N7O10/c1-29(42-48)35(3,4)40-16-12-31(13-17-41-36(5,6)30(2)43-49)11-15-37-32(45)9-7-10-33(46)38-18-23-53-28-26-51-22-14-34(47)39-19-24-52-27-25-50-21-8-20-44/h20,29-31,40-41H,7-19,21-28H2,1-6H3,(H,37,45)(H,38,46)(H,39,47). The fourth-order valence-corrected chi connectivity index (χ4v) is 4.74. The summed E-state index contributed by atoms with van der Waals surface area (Å²) >= 11 is 0. The Morgan fingerprint density at radius 3 is 1.42 bits per heavy atom. The van der Waals surface area contributed by atoms with Crippen molar-refractivity contribution in [2.24, 2.45) is 16.3 Å². The lowest BCUT2D eigenvalue weighted by atomic mass is 9.92. The lowest BCUT2D eigenvalue weighted by Gasteiger charge is -2.31. The zero-order valence-electron chi connectivity index (χ0n) is 33.1. The maximum atomic E-state index is 12.5. The number of nitrogens with zero attached hydrogens (tertiary/aromatic N) is 2.